The van der Waals surface area contributed by atoms with Crippen LogP contribution in [-0.2, 0) is 4.79 Å². The number of hydrogen-bond donors (Lipinski definition) is 1. The van der Waals surface area contributed by atoms with E-state index >= 15 is 0 Å². The lowest BCUT2D eigenvalue weighted by Gasteiger charge is -2.18. The first-order valence-corrected chi connectivity index (χ1v) is 9.28. The summed E-state index contributed by atoms with van der Waals surface area (Å²) in [6, 6.07) is 10.6. The topological polar surface area (TPSA) is 32.3 Å². The van der Waals surface area contributed by atoms with Gasteiger partial charge in [0, 0.05) is 22.9 Å². The van der Waals surface area contributed by atoms with Crippen LogP contribution in [0.2, 0.25) is 0 Å². The Kier molecular flexibility index (Phi) is 7.02. The first kappa shape index (κ1) is 19.5. The average Bonchev–Trinajstić information content (AvgIpc) is 2.52. The summed E-state index contributed by atoms with van der Waals surface area (Å²) in [5.41, 5.74) is 4.27. The molecule has 0 bridgehead atoms. The van der Waals surface area contributed by atoms with Gasteiger partial charge in [0.05, 0.1) is 6.54 Å². The van der Waals surface area contributed by atoms with Crippen molar-refractivity contribution in [3.8, 4) is 0 Å². The Labute approximate surface area is 153 Å². The zero-order valence-electron chi connectivity index (χ0n) is 15.2. The molecule has 0 aromatic heterocycles. The van der Waals surface area contributed by atoms with Gasteiger partial charge in [-0.25, -0.2) is 4.39 Å². The van der Waals surface area contributed by atoms with Gasteiger partial charge in [-0.05, 0) is 63.2 Å². The van der Waals surface area contributed by atoms with Crippen LogP contribution in [0.25, 0.3) is 0 Å². The summed E-state index contributed by atoms with van der Waals surface area (Å²) in [5, 5.41) is 3.02. The highest BCUT2D eigenvalue weighted by molar-refractivity contribution is 7.99. The van der Waals surface area contributed by atoms with Crippen LogP contribution in [0.3, 0.4) is 0 Å². The van der Waals surface area contributed by atoms with E-state index in [0.717, 1.165) is 34.0 Å². The molecule has 25 heavy (non-hydrogen) atoms. The van der Waals surface area contributed by atoms with Crippen LogP contribution in [0.4, 0.5) is 10.1 Å². The SMILES string of the molecule is Cc1cc(C)c(NC(=O)CN(C)CCSc2ccc(F)cc2)c(C)c1. The number of carbonyl (C=O) groups is 1. The van der Waals surface area contributed by atoms with Gasteiger partial charge in [-0.3, -0.25) is 9.69 Å². The molecule has 0 radical (unpaired) electrons. The number of aryl methyl sites for hydroxylation is 3. The van der Waals surface area contributed by atoms with Gasteiger partial charge in [-0.15, -0.1) is 11.8 Å². The van der Waals surface area contributed by atoms with E-state index in [0.29, 0.717) is 6.54 Å². The zero-order chi connectivity index (χ0) is 18.4. The molecule has 2 aromatic rings. The Morgan fingerprint density at radius 2 is 1.72 bits per heavy atom. The molecule has 1 N–H and O–H groups in total. The molecule has 0 spiro atoms. The van der Waals surface area contributed by atoms with E-state index in [9.17, 15) is 9.18 Å². The quantitative estimate of drug-likeness (QED) is 0.742. The number of nitrogens with zero attached hydrogens (tertiary/aromatic N) is 1. The van der Waals surface area contributed by atoms with E-state index in [4.69, 9.17) is 0 Å². The normalized spacial score (nSPS) is 11.0. The number of thioether (sulfide) groups is 1. The number of anilines is 1. The van der Waals surface area contributed by atoms with E-state index < -0.39 is 0 Å². The molecule has 0 unspecified atom stereocenters. The molecule has 0 saturated heterocycles. The molecular formula is C20H25FN2OS. The summed E-state index contributed by atoms with van der Waals surface area (Å²) in [6.07, 6.45) is 0. The number of amides is 1. The van der Waals surface area contributed by atoms with Gasteiger partial charge in [0.1, 0.15) is 5.82 Å². The van der Waals surface area contributed by atoms with E-state index in [-0.39, 0.29) is 11.7 Å². The molecule has 0 aliphatic rings. The Morgan fingerprint density at radius 1 is 1.12 bits per heavy atom. The summed E-state index contributed by atoms with van der Waals surface area (Å²) < 4.78 is 12.9. The molecular weight excluding hydrogens is 335 g/mol. The number of likely N-dealkylation sites (N-methyl/N-ethyl adjacent to an activating group) is 1. The second-order valence-electron chi connectivity index (χ2n) is 6.36. The lowest BCUT2D eigenvalue weighted by atomic mass is 10.1. The minimum Gasteiger partial charge on any atom is -0.324 e. The van der Waals surface area contributed by atoms with E-state index in [1.54, 1.807) is 23.9 Å². The first-order valence-electron chi connectivity index (χ1n) is 8.30. The van der Waals surface area contributed by atoms with Gasteiger partial charge in [0.2, 0.25) is 5.91 Å². The fraction of sp³-hybridized carbons (Fsp3) is 0.350. The van der Waals surface area contributed by atoms with E-state index in [1.165, 1.54) is 17.7 Å². The van der Waals surface area contributed by atoms with Crippen LogP contribution in [0, 0.1) is 26.6 Å². The fourth-order valence-corrected chi connectivity index (χ4v) is 3.70. The lowest BCUT2D eigenvalue weighted by molar-refractivity contribution is -0.117. The average molecular weight is 360 g/mol. The van der Waals surface area contributed by atoms with Crippen molar-refractivity contribution < 1.29 is 9.18 Å². The predicted molar refractivity (Wildman–Crippen MR) is 104 cm³/mol. The molecule has 2 aromatic carbocycles. The van der Waals surface area contributed by atoms with Gasteiger partial charge in [0.25, 0.3) is 0 Å². The fourth-order valence-electron chi connectivity index (χ4n) is 2.73. The second-order valence-corrected chi connectivity index (χ2v) is 7.53. The van der Waals surface area contributed by atoms with Crippen molar-refractivity contribution in [3.05, 3.63) is 58.9 Å². The minimum atomic E-state index is -0.222. The van der Waals surface area contributed by atoms with Gasteiger partial charge in [0.15, 0.2) is 0 Å². The van der Waals surface area contributed by atoms with Crippen molar-refractivity contribution in [2.75, 3.05) is 31.2 Å². The number of halogens is 1. The highest BCUT2D eigenvalue weighted by Crippen LogP contribution is 2.22. The third-order valence-corrected chi connectivity index (χ3v) is 4.90. The second kappa shape index (κ2) is 9.02. The molecule has 0 aliphatic carbocycles. The van der Waals surface area contributed by atoms with Crippen molar-refractivity contribution in [3.63, 3.8) is 0 Å². The van der Waals surface area contributed by atoms with Crippen molar-refractivity contribution in [1.29, 1.82) is 0 Å². The monoisotopic (exact) mass is 360 g/mol. The number of rotatable bonds is 7. The third-order valence-electron chi connectivity index (χ3n) is 3.91. The Balaban J connectivity index is 1.79. The summed E-state index contributed by atoms with van der Waals surface area (Å²) in [7, 11) is 1.93. The molecule has 0 saturated carbocycles. The van der Waals surface area contributed by atoms with Crippen LogP contribution >= 0.6 is 11.8 Å². The molecule has 3 nitrogen and oxygen atoms in total. The molecule has 0 atom stereocenters. The maximum absolute atomic E-state index is 12.9. The van der Waals surface area contributed by atoms with Gasteiger partial charge >= 0.3 is 0 Å². The molecule has 134 valence electrons. The van der Waals surface area contributed by atoms with Crippen molar-refractivity contribution in [1.82, 2.24) is 4.90 Å². The van der Waals surface area contributed by atoms with Crippen LogP contribution in [-0.4, -0.2) is 36.7 Å². The minimum absolute atomic E-state index is 0.00987. The third kappa shape index (κ3) is 6.18. The van der Waals surface area contributed by atoms with Crippen LogP contribution < -0.4 is 5.32 Å². The molecule has 1 amide bonds. The Morgan fingerprint density at radius 3 is 2.32 bits per heavy atom. The Bertz CT molecular complexity index is 708. The highest BCUT2D eigenvalue weighted by Gasteiger charge is 2.10. The molecule has 2 rings (SSSR count). The first-order chi connectivity index (χ1) is 11.8. The highest BCUT2D eigenvalue weighted by atomic mass is 32.2. The van der Waals surface area contributed by atoms with E-state index in [1.807, 2.05) is 25.8 Å². The summed E-state index contributed by atoms with van der Waals surface area (Å²) in [4.78, 5) is 15.3. The van der Waals surface area contributed by atoms with Crippen LogP contribution in [0.5, 0.6) is 0 Å². The maximum atomic E-state index is 12.9. The number of benzene rings is 2. The molecule has 5 heteroatoms. The van der Waals surface area contributed by atoms with Crippen molar-refractivity contribution in [2.45, 2.75) is 25.7 Å². The summed E-state index contributed by atoms with van der Waals surface area (Å²) >= 11 is 1.65. The number of nitrogens with one attached hydrogen (secondary N) is 1. The number of hydrogen-bond acceptors (Lipinski definition) is 3. The predicted octanol–water partition coefficient (Wildman–Crippen LogP) is 4.41. The van der Waals surface area contributed by atoms with Crippen LogP contribution in [0.15, 0.2) is 41.3 Å². The zero-order valence-corrected chi connectivity index (χ0v) is 16.0. The summed E-state index contributed by atoms with van der Waals surface area (Å²) in [6.45, 7) is 7.20. The van der Waals surface area contributed by atoms with Crippen molar-refractivity contribution in [2.24, 2.45) is 0 Å². The molecule has 0 fully saturated rings. The maximum Gasteiger partial charge on any atom is 0.238 e. The van der Waals surface area contributed by atoms with Crippen LogP contribution in [0.1, 0.15) is 16.7 Å². The van der Waals surface area contributed by atoms with Gasteiger partial charge in [-0.1, -0.05) is 17.7 Å². The largest absolute Gasteiger partial charge is 0.324 e. The molecule has 0 aliphatic heterocycles. The van der Waals surface area contributed by atoms with Gasteiger partial charge < -0.3 is 5.32 Å². The smallest absolute Gasteiger partial charge is 0.238 e. The summed E-state index contributed by atoms with van der Waals surface area (Å²) in [5.74, 6) is 0.613. The van der Waals surface area contributed by atoms with Crippen molar-refractivity contribution >= 4 is 23.4 Å². The standard InChI is InChI=1S/C20H25FN2OS/c1-14-11-15(2)20(16(3)12-14)22-19(24)13-23(4)9-10-25-18-7-5-17(21)6-8-18/h5-8,11-12H,9-10,13H2,1-4H3,(H,22,24). The van der Waals surface area contributed by atoms with E-state index in [2.05, 4.69) is 24.4 Å². The van der Waals surface area contributed by atoms with Gasteiger partial charge in [-0.2, -0.15) is 0 Å². The Hall–Kier alpha value is -1.85. The number of carbonyl (C=O) groups excluding carboxylic acids is 1. The molecule has 0 heterocycles. The lowest BCUT2D eigenvalue weighted by Crippen LogP contribution is -2.32.